The molecule has 2 rings (SSSR count). The first kappa shape index (κ1) is 15.0. The molecule has 1 fully saturated rings. The van der Waals surface area contributed by atoms with E-state index in [4.69, 9.17) is 10.3 Å². The Bertz CT molecular complexity index is 446. The maximum atomic E-state index is 12.3. The van der Waals surface area contributed by atoms with Crippen LogP contribution in [-0.4, -0.2) is 40.1 Å². The van der Waals surface area contributed by atoms with Crippen LogP contribution in [0, 0.1) is 12.8 Å². The molecule has 1 amide bonds. The minimum atomic E-state index is 0.196. The predicted molar refractivity (Wildman–Crippen MR) is 74.9 cm³/mol. The molecule has 1 aromatic heterocycles. The average Bonchev–Trinajstić information content (AvgIpc) is 2.84. The van der Waals surface area contributed by atoms with Gasteiger partial charge in [-0.2, -0.15) is 4.98 Å². The molecule has 20 heavy (non-hydrogen) atoms. The van der Waals surface area contributed by atoms with Gasteiger partial charge in [-0.3, -0.25) is 4.79 Å². The zero-order valence-electron chi connectivity index (χ0n) is 12.3. The summed E-state index contributed by atoms with van der Waals surface area (Å²) in [4.78, 5) is 18.4. The lowest BCUT2D eigenvalue weighted by Crippen LogP contribution is -2.51. The van der Waals surface area contributed by atoms with Crippen LogP contribution in [0.5, 0.6) is 0 Å². The maximum absolute atomic E-state index is 12.3. The molecule has 0 bridgehead atoms. The summed E-state index contributed by atoms with van der Waals surface area (Å²) >= 11 is 0. The summed E-state index contributed by atoms with van der Waals surface area (Å²) in [6.07, 6.45) is 4.15. The normalized spacial score (nSPS) is 23.1. The van der Waals surface area contributed by atoms with Crippen molar-refractivity contribution in [2.75, 3.05) is 13.1 Å². The van der Waals surface area contributed by atoms with Crippen molar-refractivity contribution in [2.24, 2.45) is 11.7 Å². The minimum absolute atomic E-state index is 0.196. The van der Waals surface area contributed by atoms with Crippen molar-refractivity contribution >= 4 is 5.91 Å². The molecule has 0 saturated carbocycles. The van der Waals surface area contributed by atoms with Crippen molar-refractivity contribution in [3.8, 4) is 0 Å². The van der Waals surface area contributed by atoms with E-state index < -0.39 is 0 Å². The van der Waals surface area contributed by atoms with Gasteiger partial charge in [0.2, 0.25) is 11.8 Å². The van der Waals surface area contributed by atoms with Crippen molar-refractivity contribution in [1.82, 2.24) is 15.0 Å². The number of aromatic nitrogens is 2. The van der Waals surface area contributed by atoms with Crippen molar-refractivity contribution < 1.29 is 9.32 Å². The molecule has 2 heterocycles. The SMILES string of the molecule is Cc1noc(CCCC(=O)N2CCCC(C)C2CN)n1. The summed E-state index contributed by atoms with van der Waals surface area (Å²) < 4.78 is 5.04. The summed E-state index contributed by atoms with van der Waals surface area (Å²) in [6, 6.07) is 0.196. The summed E-state index contributed by atoms with van der Waals surface area (Å²) in [5.41, 5.74) is 5.82. The van der Waals surface area contributed by atoms with Crippen molar-refractivity contribution in [2.45, 2.75) is 52.0 Å². The summed E-state index contributed by atoms with van der Waals surface area (Å²) in [5.74, 6) is 1.94. The molecule has 6 heteroatoms. The van der Waals surface area contributed by atoms with E-state index in [0.717, 1.165) is 25.8 Å². The number of carbonyl (C=O) groups is 1. The van der Waals surface area contributed by atoms with Crippen LogP contribution in [0.2, 0.25) is 0 Å². The van der Waals surface area contributed by atoms with Gasteiger partial charge < -0.3 is 15.2 Å². The van der Waals surface area contributed by atoms with E-state index in [0.29, 0.717) is 37.0 Å². The topological polar surface area (TPSA) is 85.2 Å². The molecule has 0 spiro atoms. The fraction of sp³-hybridized carbons (Fsp3) is 0.786. The van der Waals surface area contributed by atoms with Gasteiger partial charge in [-0.05, 0) is 32.1 Å². The number of carbonyl (C=O) groups excluding carboxylic acids is 1. The number of amides is 1. The van der Waals surface area contributed by atoms with E-state index in [2.05, 4.69) is 17.1 Å². The molecule has 0 aliphatic carbocycles. The van der Waals surface area contributed by atoms with Crippen LogP contribution in [0.1, 0.15) is 44.3 Å². The van der Waals surface area contributed by atoms with E-state index in [-0.39, 0.29) is 11.9 Å². The standard InChI is InChI=1S/C14H24N4O2/c1-10-5-4-8-18(12(10)9-15)14(19)7-3-6-13-16-11(2)17-20-13/h10,12H,3-9,15H2,1-2H3. The van der Waals surface area contributed by atoms with Gasteiger partial charge in [-0.25, -0.2) is 0 Å². The molecule has 2 atom stereocenters. The van der Waals surface area contributed by atoms with Crippen LogP contribution in [0.3, 0.4) is 0 Å². The first-order chi connectivity index (χ1) is 9.61. The molecule has 6 nitrogen and oxygen atoms in total. The van der Waals surface area contributed by atoms with Crippen molar-refractivity contribution in [3.63, 3.8) is 0 Å². The molecule has 2 unspecified atom stereocenters. The number of nitrogens with zero attached hydrogens (tertiary/aromatic N) is 3. The van der Waals surface area contributed by atoms with Crippen LogP contribution in [0.4, 0.5) is 0 Å². The second-order valence-corrected chi connectivity index (χ2v) is 5.60. The third-order valence-corrected chi connectivity index (χ3v) is 4.03. The van der Waals surface area contributed by atoms with E-state index >= 15 is 0 Å². The van der Waals surface area contributed by atoms with Crippen molar-refractivity contribution in [3.05, 3.63) is 11.7 Å². The van der Waals surface area contributed by atoms with Gasteiger partial charge in [-0.1, -0.05) is 12.1 Å². The highest BCUT2D eigenvalue weighted by atomic mass is 16.5. The summed E-state index contributed by atoms with van der Waals surface area (Å²) in [7, 11) is 0. The van der Waals surface area contributed by atoms with Crippen LogP contribution >= 0.6 is 0 Å². The van der Waals surface area contributed by atoms with Gasteiger partial charge in [0.25, 0.3) is 0 Å². The van der Waals surface area contributed by atoms with E-state index in [1.807, 2.05) is 4.90 Å². The van der Waals surface area contributed by atoms with Gasteiger partial charge in [-0.15, -0.1) is 0 Å². The number of nitrogens with two attached hydrogens (primary N) is 1. The first-order valence-electron chi connectivity index (χ1n) is 7.40. The largest absolute Gasteiger partial charge is 0.339 e. The van der Waals surface area contributed by atoms with E-state index in [1.165, 1.54) is 0 Å². The molecule has 1 saturated heterocycles. The van der Waals surface area contributed by atoms with Crippen LogP contribution in [0.25, 0.3) is 0 Å². The van der Waals surface area contributed by atoms with Crippen LogP contribution in [-0.2, 0) is 11.2 Å². The molecule has 1 aromatic rings. The zero-order chi connectivity index (χ0) is 14.5. The zero-order valence-corrected chi connectivity index (χ0v) is 12.3. The third-order valence-electron chi connectivity index (χ3n) is 4.03. The molecule has 112 valence electrons. The fourth-order valence-electron chi connectivity index (χ4n) is 2.89. The number of aryl methyl sites for hydroxylation is 2. The molecule has 2 N–H and O–H groups in total. The van der Waals surface area contributed by atoms with E-state index in [9.17, 15) is 4.79 Å². The Hall–Kier alpha value is -1.43. The Morgan fingerprint density at radius 3 is 3.00 bits per heavy atom. The van der Waals surface area contributed by atoms with Gasteiger partial charge in [0.05, 0.1) is 0 Å². The Morgan fingerprint density at radius 2 is 2.35 bits per heavy atom. The molecular weight excluding hydrogens is 256 g/mol. The minimum Gasteiger partial charge on any atom is -0.339 e. The Labute approximate surface area is 119 Å². The smallest absolute Gasteiger partial charge is 0.226 e. The second kappa shape index (κ2) is 6.83. The van der Waals surface area contributed by atoms with Gasteiger partial charge in [0.1, 0.15) is 0 Å². The summed E-state index contributed by atoms with van der Waals surface area (Å²) in [6.45, 7) is 5.36. The first-order valence-corrected chi connectivity index (χ1v) is 7.40. The average molecular weight is 280 g/mol. The lowest BCUT2D eigenvalue weighted by atomic mass is 9.90. The highest BCUT2D eigenvalue weighted by Crippen LogP contribution is 2.23. The Kier molecular flexibility index (Phi) is 5.11. The predicted octanol–water partition coefficient (Wildman–Crippen LogP) is 1.29. The fourth-order valence-corrected chi connectivity index (χ4v) is 2.89. The Morgan fingerprint density at radius 1 is 1.55 bits per heavy atom. The number of piperidine rings is 1. The van der Waals surface area contributed by atoms with Crippen LogP contribution in [0.15, 0.2) is 4.52 Å². The van der Waals surface area contributed by atoms with Crippen molar-refractivity contribution in [1.29, 1.82) is 0 Å². The molecular formula is C14H24N4O2. The van der Waals surface area contributed by atoms with Gasteiger partial charge in [0, 0.05) is 32.0 Å². The number of hydrogen-bond acceptors (Lipinski definition) is 5. The monoisotopic (exact) mass is 280 g/mol. The number of hydrogen-bond donors (Lipinski definition) is 1. The number of rotatable bonds is 5. The lowest BCUT2D eigenvalue weighted by Gasteiger charge is -2.39. The van der Waals surface area contributed by atoms with Gasteiger partial charge in [0.15, 0.2) is 5.82 Å². The van der Waals surface area contributed by atoms with Crippen LogP contribution < -0.4 is 5.73 Å². The Balaban J connectivity index is 1.81. The lowest BCUT2D eigenvalue weighted by molar-refractivity contribution is -0.136. The van der Waals surface area contributed by atoms with E-state index in [1.54, 1.807) is 6.92 Å². The quantitative estimate of drug-likeness (QED) is 0.878. The molecule has 1 aliphatic rings. The molecule has 0 aromatic carbocycles. The second-order valence-electron chi connectivity index (χ2n) is 5.60. The molecule has 1 aliphatic heterocycles. The third kappa shape index (κ3) is 3.56. The summed E-state index contributed by atoms with van der Waals surface area (Å²) in [5, 5.41) is 3.74. The van der Waals surface area contributed by atoms with Gasteiger partial charge >= 0.3 is 0 Å². The highest BCUT2D eigenvalue weighted by molar-refractivity contribution is 5.76. The maximum Gasteiger partial charge on any atom is 0.226 e. The highest BCUT2D eigenvalue weighted by Gasteiger charge is 2.30. The number of likely N-dealkylation sites (tertiary alicyclic amines) is 1. The molecule has 0 radical (unpaired) electrons.